The summed E-state index contributed by atoms with van der Waals surface area (Å²) in [6.07, 6.45) is 38.2. The van der Waals surface area contributed by atoms with Crippen LogP contribution in [0.3, 0.4) is 0 Å². The van der Waals surface area contributed by atoms with Gasteiger partial charge in [0.2, 0.25) is 0 Å². The number of allylic oxidation sites excluding steroid dienone is 2. The molecule has 53 heavy (non-hydrogen) atoms. The molecule has 0 aromatic heterocycles. The van der Waals surface area contributed by atoms with Gasteiger partial charge in [0.05, 0.1) is 13.2 Å². The van der Waals surface area contributed by atoms with Crippen molar-refractivity contribution < 1.29 is 37.6 Å². The van der Waals surface area contributed by atoms with Crippen LogP contribution in [0.1, 0.15) is 206 Å². The van der Waals surface area contributed by atoms with Crippen LogP contribution in [0.2, 0.25) is 0 Å². The van der Waals surface area contributed by atoms with Crippen molar-refractivity contribution in [3.05, 3.63) is 12.2 Å². The third kappa shape index (κ3) is 40.2. The van der Waals surface area contributed by atoms with Gasteiger partial charge in [0, 0.05) is 19.4 Å². The Balaban J connectivity index is 4.26. The molecule has 2 atom stereocenters. The highest BCUT2D eigenvalue weighted by Gasteiger charge is 2.26. The average molecular weight is 774 g/mol. The molecule has 314 valence electrons. The number of hydrogen-bond donors (Lipinski definition) is 1. The molecule has 9 nitrogen and oxygen atoms in total. The maximum absolute atomic E-state index is 12.6. The second-order valence-electron chi connectivity index (χ2n) is 15.2. The van der Waals surface area contributed by atoms with E-state index in [0.29, 0.717) is 13.0 Å². The summed E-state index contributed by atoms with van der Waals surface area (Å²) in [5.74, 6) is -0.798. The summed E-state index contributed by atoms with van der Waals surface area (Å²) in [4.78, 5) is 37.0. The van der Waals surface area contributed by atoms with Gasteiger partial charge >= 0.3 is 19.8 Å². The minimum atomic E-state index is -4.36. The van der Waals surface area contributed by atoms with Crippen LogP contribution in [-0.2, 0) is 32.7 Å². The van der Waals surface area contributed by atoms with Gasteiger partial charge in [0.25, 0.3) is 0 Å². The molecule has 0 saturated heterocycles. The van der Waals surface area contributed by atoms with E-state index in [4.69, 9.17) is 18.5 Å². The molecule has 0 aromatic carbocycles. The highest BCUT2D eigenvalue weighted by Crippen LogP contribution is 2.43. The summed E-state index contributed by atoms with van der Waals surface area (Å²) in [7, 11) is -0.703. The number of carbonyl (C=O) groups excluding carboxylic acids is 2. The van der Waals surface area contributed by atoms with Gasteiger partial charge < -0.3 is 19.3 Å². The van der Waals surface area contributed by atoms with Crippen molar-refractivity contribution >= 4 is 19.8 Å². The molecular formula is C43H84NO8P. The number of ether oxygens (including phenoxy) is 2. The van der Waals surface area contributed by atoms with E-state index >= 15 is 0 Å². The van der Waals surface area contributed by atoms with Crippen LogP contribution in [0.5, 0.6) is 0 Å². The average Bonchev–Trinajstić information content (AvgIpc) is 3.12. The minimum absolute atomic E-state index is 0.00993. The lowest BCUT2D eigenvalue weighted by atomic mass is 10.0. The first kappa shape index (κ1) is 51.8. The van der Waals surface area contributed by atoms with Crippen LogP contribution in [0.15, 0.2) is 12.2 Å². The molecule has 0 aliphatic heterocycles. The fourth-order valence-electron chi connectivity index (χ4n) is 6.15. The fraction of sp³-hybridized carbons (Fsp3) is 0.907. The van der Waals surface area contributed by atoms with Gasteiger partial charge in [-0.05, 0) is 52.6 Å². The lowest BCUT2D eigenvalue weighted by Gasteiger charge is -2.20. The van der Waals surface area contributed by atoms with Crippen LogP contribution in [0.4, 0.5) is 0 Å². The quantitative estimate of drug-likeness (QED) is 0.0281. The van der Waals surface area contributed by atoms with E-state index in [0.717, 1.165) is 32.1 Å². The van der Waals surface area contributed by atoms with Crippen LogP contribution < -0.4 is 0 Å². The molecule has 1 N–H and O–H groups in total. The normalized spacial score (nSPS) is 13.5. The van der Waals surface area contributed by atoms with Crippen molar-refractivity contribution in [2.45, 2.75) is 213 Å². The summed E-state index contributed by atoms with van der Waals surface area (Å²) in [5, 5.41) is 0. The van der Waals surface area contributed by atoms with Gasteiger partial charge in [-0.2, -0.15) is 0 Å². The van der Waals surface area contributed by atoms with Crippen molar-refractivity contribution in [1.82, 2.24) is 4.90 Å². The maximum atomic E-state index is 12.6. The van der Waals surface area contributed by atoms with Crippen molar-refractivity contribution in [2.75, 3.05) is 40.5 Å². The highest BCUT2D eigenvalue weighted by atomic mass is 31.2. The molecule has 0 amide bonds. The van der Waals surface area contributed by atoms with E-state index in [1.165, 1.54) is 141 Å². The Kier molecular flexibility index (Phi) is 38.1. The predicted molar refractivity (Wildman–Crippen MR) is 220 cm³/mol. The zero-order chi connectivity index (χ0) is 39.1. The second-order valence-corrected chi connectivity index (χ2v) is 16.7. The standard InChI is InChI=1S/C43H84NO8P/c1-5-7-9-11-13-15-17-19-21-23-25-27-29-31-33-35-42(45)49-39-41(40-51-53(47,48)50-38-37-44(3)4)52-43(46)36-34-32-30-28-26-24-22-20-18-16-14-12-10-8-6-2/h15,17,41H,5-14,16,18-40H2,1-4H3,(H,47,48)/b17-15-. The molecule has 0 aromatic rings. The van der Waals surface area contributed by atoms with Crippen molar-refractivity contribution in [1.29, 1.82) is 0 Å². The Hall–Kier alpha value is -1.25. The van der Waals surface area contributed by atoms with E-state index in [-0.39, 0.29) is 32.0 Å². The number of unbranched alkanes of at least 4 members (excludes halogenated alkanes) is 25. The van der Waals surface area contributed by atoms with E-state index in [1.807, 2.05) is 19.0 Å². The second kappa shape index (κ2) is 39.0. The van der Waals surface area contributed by atoms with Gasteiger partial charge in [-0.3, -0.25) is 18.6 Å². The Bertz CT molecular complexity index is 900. The molecule has 0 fully saturated rings. The Labute approximate surface area is 326 Å². The lowest BCUT2D eigenvalue weighted by molar-refractivity contribution is -0.161. The number of carbonyl (C=O) groups is 2. The first-order valence-corrected chi connectivity index (χ1v) is 23.5. The number of likely N-dealkylation sites (N-methyl/N-ethyl adjacent to an activating group) is 1. The topological polar surface area (TPSA) is 112 Å². The van der Waals surface area contributed by atoms with Gasteiger partial charge in [-0.25, -0.2) is 4.57 Å². The third-order valence-corrected chi connectivity index (χ3v) is 10.6. The Morgan fingerprint density at radius 1 is 0.566 bits per heavy atom. The van der Waals surface area contributed by atoms with Gasteiger partial charge in [-0.15, -0.1) is 0 Å². The summed E-state index contributed by atoms with van der Waals surface area (Å²) in [5.41, 5.74) is 0. The summed E-state index contributed by atoms with van der Waals surface area (Å²) >= 11 is 0. The zero-order valence-electron chi connectivity index (χ0n) is 35.0. The number of phosphoric acid groups is 1. The van der Waals surface area contributed by atoms with Gasteiger partial charge in [0.15, 0.2) is 6.10 Å². The molecule has 0 heterocycles. The predicted octanol–water partition coefficient (Wildman–Crippen LogP) is 12.4. The smallest absolute Gasteiger partial charge is 0.462 e. The van der Waals surface area contributed by atoms with Gasteiger partial charge in [-0.1, -0.05) is 167 Å². The molecule has 0 radical (unpaired) electrons. The molecule has 0 saturated carbocycles. The minimum Gasteiger partial charge on any atom is -0.462 e. The van der Waals surface area contributed by atoms with Gasteiger partial charge in [0.1, 0.15) is 6.61 Å². The van der Waals surface area contributed by atoms with Crippen LogP contribution in [0.25, 0.3) is 0 Å². The molecular weight excluding hydrogens is 689 g/mol. The van der Waals surface area contributed by atoms with Crippen LogP contribution in [-0.4, -0.2) is 68.3 Å². The zero-order valence-corrected chi connectivity index (χ0v) is 35.9. The third-order valence-electron chi connectivity index (χ3n) is 9.57. The first-order chi connectivity index (χ1) is 25.7. The number of nitrogens with zero attached hydrogens (tertiary/aromatic N) is 1. The van der Waals surface area contributed by atoms with Crippen LogP contribution in [0, 0.1) is 0 Å². The monoisotopic (exact) mass is 774 g/mol. The van der Waals surface area contributed by atoms with Crippen LogP contribution >= 0.6 is 7.82 Å². The molecule has 0 aliphatic carbocycles. The molecule has 0 rings (SSSR count). The molecule has 10 heteroatoms. The summed E-state index contributed by atoms with van der Waals surface area (Å²) in [6.45, 7) is 4.33. The number of esters is 2. The largest absolute Gasteiger partial charge is 0.472 e. The maximum Gasteiger partial charge on any atom is 0.472 e. The van der Waals surface area contributed by atoms with E-state index < -0.39 is 26.5 Å². The molecule has 0 bridgehead atoms. The number of phosphoric ester groups is 1. The van der Waals surface area contributed by atoms with E-state index in [1.54, 1.807) is 0 Å². The van der Waals surface area contributed by atoms with E-state index in [2.05, 4.69) is 26.0 Å². The number of hydrogen-bond acceptors (Lipinski definition) is 8. The van der Waals surface area contributed by atoms with Crippen molar-refractivity contribution in [3.8, 4) is 0 Å². The molecule has 0 spiro atoms. The SMILES string of the molecule is CCCCCC/C=C\CCCCCCCCCC(=O)OCC(COP(=O)(O)OCCN(C)C)OC(=O)CCCCCCCCCCCCCCCCC. The Morgan fingerprint density at radius 2 is 0.962 bits per heavy atom. The number of rotatable bonds is 41. The summed E-state index contributed by atoms with van der Waals surface area (Å²) < 4.78 is 33.5. The molecule has 2 unspecified atom stereocenters. The van der Waals surface area contributed by atoms with Crippen molar-refractivity contribution in [3.63, 3.8) is 0 Å². The first-order valence-electron chi connectivity index (χ1n) is 22.0. The molecule has 0 aliphatic rings. The van der Waals surface area contributed by atoms with Crippen molar-refractivity contribution in [2.24, 2.45) is 0 Å². The lowest BCUT2D eigenvalue weighted by Crippen LogP contribution is -2.29. The fourth-order valence-corrected chi connectivity index (χ4v) is 6.89. The highest BCUT2D eigenvalue weighted by molar-refractivity contribution is 7.47. The van der Waals surface area contributed by atoms with E-state index in [9.17, 15) is 19.0 Å². The Morgan fingerprint density at radius 3 is 1.42 bits per heavy atom. The summed E-state index contributed by atoms with van der Waals surface area (Å²) in [6, 6.07) is 0.